The van der Waals surface area contributed by atoms with Crippen LogP contribution in [0.25, 0.3) is 0 Å². The van der Waals surface area contributed by atoms with Crippen LogP contribution < -0.4 is 4.74 Å². The van der Waals surface area contributed by atoms with Gasteiger partial charge in [0.25, 0.3) is 5.91 Å². The average molecular weight is 384 g/mol. The van der Waals surface area contributed by atoms with Crippen molar-refractivity contribution in [1.82, 2.24) is 14.7 Å². The van der Waals surface area contributed by atoms with E-state index in [0.29, 0.717) is 13.2 Å². The van der Waals surface area contributed by atoms with Crippen molar-refractivity contribution >= 4 is 17.2 Å². The third kappa shape index (κ3) is 4.57. The SMILES string of the molecule is Cc1ccc(OCc2csc(C(=O)N(C)Cc3cn(C)nc3C)c2)c(C)c1. The largest absolute Gasteiger partial charge is 0.489 e. The number of hydrogen-bond donors (Lipinski definition) is 0. The molecule has 0 saturated carbocycles. The number of ether oxygens (including phenoxy) is 1. The Morgan fingerprint density at radius 3 is 2.70 bits per heavy atom. The lowest BCUT2D eigenvalue weighted by Crippen LogP contribution is -2.25. The van der Waals surface area contributed by atoms with Crippen LogP contribution in [0.5, 0.6) is 5.75 Å². The normalized spacial score (nSPS) is 10.9. The van der Waals surface area contributed by atoms with E-state index in [9.17, 15) is 4.79 Å². The molecule has 142 valence electrons. The lowest BCUT2D eigenvalue weighted by molar-refractivity contribution is 0.0789. The molecular formula is C21H25N3O2S. The fourth-order valence-electron chi connectivity index (χ4n) is 3.01. The van der Waals surface area contributed by atoms with Gasteiger partial charge in [0.15, 0.2) is 0 Å². The van der Waals surface area contributed by atoms with Crippen molar-refractivity contribution < 1.29 is 9.53 Å². The Bertz CT molecular complexity index is 958. The Kier molecular flexibility index (Phi) is 5.65. The molecule has 0 atom stereocenters. The molecule has 2 heterocycles. The highest BCUT2D eigenvalue weighted by atomic mass is 32.1. The number of aryl methyl sites for hydroxylation is 4. The minimum atomic E-state index is 0.0148. The Balaban J connectivity index is 1.62. The van der Waals surface area contributed by atoms with Crippen LogP contribution in [0.3, 0.4) is 0 Å². The second kappa shape index (κ2) is 7.96. The molecule has 0 fully saturated rings. The monoisotopic (exact) mass is 383 g/mol. The lowest BCUT2D eigenvalue weighted by Gasteiger charge is -2.15. The zero-order chi connectivity index (χ0) is 19.6. The second-order valence-corrected chi connectivity index (χ2v) is 7.86. The maximum absolute atomic E-state index is 12.7. The van der Waals surface area contributed by atoms with Crippen molar-refractivity contribution in [2.45, 2.75) is 33.9 Å². The van der Waals surface area contributed by atoms with Gasteiger partial charge in [-0.2, -0.15) is 5.10 Å². The first-order chi connectivity index (χ1) is 12.8. The smallest absolute Gasteiger partial charge is 0.263 e. The highest BCUT2D eigenvalue weighted by Crippen LogP contribution is 2.23. The number of hydrogen-bond acceptors (Lipinski definition) is 4. The predicted octanol–water partition coefficient (Wildman–Crippen LogP) is 4.26. The van der Waals surface area contributed by atoms with Crippen LogP contribution >= 0.6 is 11.3 Å². The van der Waals surface area contributed by atoms with E-state index >= 15 is 0 Å². The van der Waals surface area contributed by atoms with Gasteiger partial charge in [-0.3, -0.25) is 9.48 Å². The van der Waals surface area contributed by atoms with Gasteiger partial charge in [0.05, 0.1) is 10.6 Å². The van der Waals surface area contributed by atoms with E-state index in [0.717, 1.165) is 33.0 Å². The molecule has 0 unspecified atom stereocenters. The first-order valence-corrected chi connectivity index (χ1v) is 9.73. The maximum Gasteiger partial charge on any atom is 0.263 e. The Hall–Kier alpha value is -2.60. The van der Waals surface area contributed by atoms with Gasteiger partial charge in [0.1, 0.15) is 12.4 Å². The first-order valence-electron chi connectivity index (χ1n) is 8.85. The van der Waals surface area contributed by atoms with Crippen molar-refractivity contribution in [2.24, 2.45) is 7.05 Å². The molecule has 0 aliphatic rings. The van der Waals surface area contributed by atoms with Gasteiger partial charge in [-0.25, -0.2) is 0 Å². The number of carbonyl (C=O) groups is 1. The molecule has 1 amide bonds. The van der Waals surface area contributed by atoms with Gasteiger partial charge >= 0.3 is 0 Å². The van der Waals surface area contributed by atoms with Crippen molar-refractivity contribution in [3.05, 3.63) is 68.7 Å². The number of amides is 1. The first kappa shape index (κ1) is 19.2. The molecule has 27 heavy (non-hydrogen) atoms. The Labute approximate surface area is 164 Å². The van der Waals surface area contributed by atoms with E-state index in [-0.39, 0.29) is 5.91 Å². The van der Waals surface area contributed by atoms with E-state index in [1.54, 1.807) is 9.58 Å². The van der Waals surface area contributed by atoms with Crippen LogP contribution in [-0.4, -0.2) is 27.6 Å². The minimum Gasteiger partial charge on any atom is -0.489 e. The molecule has 1 aromatic carbocycles. The summed E-state index contributed by atoms with van der Waals surface area (Å²) < 4.78 is 7.69. The molecule has 0 radical (unpaired) electrons. The number of carbonyl (C=O) groups excluding carboxylic acids is 1. The standard InChI is InChI=1S/C21H25N3O2S/c1-14-6-7-19(15(2)8-14)26-12-17-9-20(27-13-17)21(25)23(4)10-18-11-24(5)22-16(18)3/h6-9,11,13H,10,12H2,1-5H3. The molecule has 3 aromatic rings. The van der Waals surface area contributed by atoms with Crippen LogP contribution in [0.4, 0.5) is 0 Å². The van der Waals surface area contributed by atoms with E-state index in [1.165, 1.54) is 16.9 Å². The van der Waals surface area contributed by atoms with Crippen molar-refractivity contribution in [3.63, 3.8) is 0 Å². The number of aromatic nitrogens is 2. The average Bonchev–Trinajstić information content (AvgIpc) is 3.20. The van der Waals surface area contributed by atoms with Crippen molar-refractivity contribution in [3.8, 4) is 5.75 Å². The summed E-state index contributed by atoms with van der Waals surface area (Å²) in [6.07, 6.45) is 1.96. The summed E-state index contributed by atoms with van der Waals surface area (Å²) >= 11 is 1.46. The van der Waals surface area contributed by atoms with E-state index in [1.807, 2.05) is 57.7 Å². The number of thiophene rings is 1. The maximum atomic E-state index is 12.7. The molecule has 0 spiro atoms. The Morgan fingerprint density at radius 1 is 1.26 bits per heavy atom. The third-order valence-electron chi connectivity index (χ3n) is 4.46. The molecule has 6 heteroatoms. The molecule has 0 aliphatic carbocycles. The second-order valence-electron chi connectivity index (χ2n) is 6.95. The van der Waals surface area contributed by atoms with E-state index in [4.69, 9.17) is 4.74 Å². The summed E-state index contributed by atoms with van der Waals surface area (Å²) in [6, 6.07) is 8.06. The summed E-state index contributed by atoms with van der Waals surface area (Å²) in [4.78, 5) is 15.2. The molecule has 0 aliphatic heterocycles. The van der Waals surface area contributed by atoms with Crippen molar-refractivity contribution in [2.75, 3.05) is 7.05 Å². The molecule has 0 saturated heterocycles. The van der Waals surface area contributed by atoms with Crippen LogP contribution in [0.15, 0.2) is 35.8 Å². The lowest BCUT2D eigenvalue weighted by atomic mass is 10.1. The molecular weight excluding hydrogens is 358 g/mol. The minimum absolute atomic E-state index is 0.0148. The number of benzene rings is 1. The fourth-order valence-corrected chi connectivity index (χ4v) is 3.90. The third-order valence-corrected chi connectivity index (χ3v) is 5.43. The zero-order valence-corrected chi connectivity index (χ0v) is 17.3. The molecule has 5 nitrogen and oxygen atoms in total. The van der Waals surface area contributed by atoms with Crippen molar-refractivity contribution in [1.29, 1.82) is 0 Å². The van der Waals surface area contributed by atoms with Gasteiger partial charge in [-0.15, -0.1) is 11.3 Å². The molecule has 2 aromatic heterocycles. The van der Waals surface area contributed by atoms with Crippen LogP contribution in [-0.2, 0) is 20.2 Å². The molecule has 3 rings (SSSR count). The molecule has 0 N–H and O–H groups in total. The summed E-state index contributed by atoms with van der Waals surface area (Å²) in [5.74, 6) is 0.893. The summed E-state index contributed by atoms with van der Waals surface area (Å²) in [7, 11) is 3.71. The van der Waals surface area contributed by atoms with E-state index in [2.05, 4.69) is 18.1 Å². The van der Waals surface area contributed by atoms with Gasteiger partial charge in [-0.1, -0.05) is 17.7 Å². The fraction of sp³-hybridized carbons (Fsp3) is 0.333. The van der Waals surface area contributed by atoms with Gasteiger partial charge < -0.3 is 9.64 Å². The van der Waals surface area contributed by atoms with Crippen LogP contribution in [0.2, 0.25) is 0 Å². The number of nitrogens with zero attached hydrogens (tertiary/aromatic N) is 3. The van der Waals surface area contributed by atoms with E-state index < -0.39 is 0 Å². The van der Waals surface area contributed by atoms with Crippen LogP contribution in [0, 0.1) is 20.8 Å². The highest BCUT2D eigenvalue weighted by Gasteiger charge is 2.16. The van der Waals surface area contributed by atoms with Crippen LogP contribution in [0.1, 0.15) is 37.6 Å². The highest BCUT2D eigenvalue weighted by molar-refractivity contribution is 7.12. The summed E-state index contributed by atoms with van der Waals surface area (Å²) in [5, 5.41) is 6.32. The topological polar surface area (TPSA) is 47.4 Å². The zero-order valence-electron chi connectivity index (χ0n) is 16.4. The quantitative estimate of drug-likeness (QED) is 0.639. The number of rotatable bonds is 6. The van der Waals surface area contributed by atoms with Gasteiger partial charge in [-0.05, 0) is 43.8 Å². The Morgan fingerprint density at radius 2 is 2.04 bits per heavy atom. The van der Waals surface area contributed by atoms with Gasteiger partial charge in [0.2, 0.25) is 0 Å². The summed E-state index contributed by atoms with van der Waals surface area (Å²) in [6.45, 7) is 7.07. The predicted molar refractivity (Wildman–Crippen MR) is 108 cm³/mol. The summed E-state index contributed by atoms with van der Waals surface area (Å²) in [5.41, 5.74) is 5.35. The molecule has 0 bridgehead atoms. The van der Waals surface area contributed by atoms with Gasteiger partial charge in [0, 0.05) is 38.0 Å².